The van der Waals surface area contributed by atoms with E-state index in [-0.39, 0.29) is 11.9 Å². The molecule has 1 saturated heterocycles. The molecule has 1 N–H and O–H groups in total. The van der Waals surface area contributed by atoms with Crippen molar-refractivity contribution in [2.24, 2.45) is 0 Å². The number of aliphatic hydroxyl groups is 1. The fourth-order valence-electron chi connectivity index (χ4n) is 3.09. The fraction of sp³-hybridized carbons (Fsp3) is 0.471. The van der Waals surface area contributed by atoms with Crippen LogP contribution in [0.25, 0.3) is 0 Å². The maximum absolute atomic E-state index is 12.6. The van der Waals surface area contributed by atoms with Gasteiger partial charge in [-0.1, -0.05) is 12.8 Å². The Hall–Kier alpha value is -2.01. The van der Waals surface area contributed by atoms with Gasteiger partial charge in [0.1, 0.15) is 11.9 Å². The lowest BCUT2D eigenvalue weighted by molar-refractivity contribution is 0.0529. The molecule has 5 heteroatoms. The van der Waals surface area contributed by atoms with E-state index in [2.05, 4.69) is 0 Å². The molecule has 0 saturated carbocycles. The lowest BCUT2D eigenvalue weighted by Gasteiger charge is -2.30. The monoisotopic (exact) mass is 303 g/mol. The average Bonchev–Trinajstić information content (AvgIpc) is 3.18. The summed E-state index contributed by atoms with van der Waals surface area (Å²) in [5.41, 5.74) is 0. The highest BCUT2D eigenvalue weighted by atomic mass is 16.4. The smallest absolute Gasteiger partial charge is 0.289 e. The number of hydrogen-bond acceptors (Lipinski definition) is 4. The molecule has 1 aliphatic heterocycles. The number of furan rings is 2. The maximum atomic E-state index is 12.6. The van der Waals surface area contributed by atoms with Crippen molar-refractivity contribution < 1.29 is 18.7 Å². The van der Waals surface area contributed by atoms with Crippen LogP contribution >= 0.6 is 0 Å². The molecule has 3 rings (SSSR count). The van der Waals surface area contributed by atoms with Gasteiger partial charge in [0, 0.05) is 19.0 Å². The van der Waals surface area contributed by atoms with Gasteiger partial charge in [-0.25, -0.2) is 0 Å². The predicted octanol–water partition coefficient (Wildman–Crippen LogP) is 3.38. The van der Waals surface area contributed by atoms with Crippen LogP contribution in [-0.2, 0) is 0 Å². The summed E-state index contributed by atoms with van der Waals surface area (Å²) in [5.74, 6) is 0.817. The molecule has 0 aromatic carbocycles. The molecule has 0 radical (unpaired) electrons. The zero-order chi connectivity index (χ0) is 15.4. The molecule has 2 unspecified atom stereocenters. The van der Waals surface area contributed by atoms with E-state index in [1.54, 1.807) is 30.5 Å². The van der Waals surface area contributed by atoms with Gasteiger partial charge < -0.3 is 18.8 Å². The normalized spacial score (nSPS) is 20.6. The summed E-state index contributed by atoms with van der Waals surface area (Å²) in [5, 5.41) is 10.3. The largest absolute Gasteiger partial charge is 0.467 e. The Kier molecular flexibility index (Phi) is 4.63. The van der Waals surface area contributed by atoms with Crippen molar-refractivity contribution in [2.45, 2.75) is 44.2 Å². The summed E-state index contributed by atoms with van der Waals surface area (Å²) < 4.78 is 10.5. The van der Waals surface area contributed by atoms with Crippen molar-refractivity contribution in [3.8, 4) is 0 Å². The number of carbonyl (C=O) groups is 1. The lowest BCUT2D eigenvalue weighted by atomic mass is 10.0. The molecule has 0 spiro atoms. The number of hydrogen-bond donors (Lipinski definition) is 1. The lowest BCUT2D eigenvalue weighted by Crippen LogP contribution is -2.40. The summed E-state index contributed by atoms with van der Waals surface area (Å²) in [6.07, 6.45) is 6.91. The van der Waals surface area contributed by atoms with Crippen LogP contribution < -0.4 is 0 Å². The van der Waals surface area contributed by atoms with E-state index in [1.165, 1.54) is 6.26 Å². The quantitative estimate of drug-likeness (QED) is 0.940. The van der Waals surface area contributed by atoms with Gasteiger partial charge in [-0.3, -0.25) is 4.79 Å². The van der Waals surface area contributed by atoms with Crippen LogP contribution in [0.5, 0.6) is 0 Å². The van der Waals surface area contributed by atoms with E-state index in [1.807, 2.05) is 4.90 Å². The van der Waals surface area contributed by atoms with Gasteiger partial charge in [-0.15, -0.1) is 0 Å². The predicted molar refractivity (Wildman–Crippen MR) is 80.3 cm³/mol. The zero-order valence-corrected chi connectivity index (χ0v) is 12.5. The molecule has 2 aromatic rings. The number of aliphatic hydroxyl groups excluding tert-OH is 1. The molecule has 22 heavy (non-hydrogen) atoms. The van der Waals surface area contributed by atoms with E-state index < -0.39 is 6.10 Å². The van der Waals surface area contributed by atoms with Crippen LogP contribution in [0.3, 0.4) is 0 Å². The second-order valence-electron chi connectivity index (χ2n) is 5.75. The molecular formula is C17H21NO4. The van der Waals surface area contributed by atoms with E-state index in [9.17, 15) is 9.90 Å². The summed E-state index contributed by atoms with van der Waals surface area (Å²) >= 11 is 0. The van der Waals surface area contributed by atoms with E-state index in [0.29, 0.717) is 24.5 Å². The Morgan fingerprint density at radius 2 is 2.05 bits per heavy atom. The van der Waals surface area contributed by atoms with Gasteiger partial charge >= 0.3 is 0 Å². The highest BCUT2D eigenvalue weighted by molar-refractivity contribution is 5.91. The first kappa shape index (κ1) is 14.9. The van der Waals surface area contributed by atoms with Crippen LogP contribution in [0.1, 0.15) is 54.5 Å². The summed E-state index contributed by atoms with van der Waals surface area (Å²) in [6, 6.07) is 6.93. The van der Waals surface area contributed by atoms with Crippen molar-refractivity contribution in [3.05, 3.63) is 48.3 Å². The van der Waals surface area contributed by atoms with Crippen molar-refractivity contribution in [1.29, 1.82) is 0 Å². The second-order valence-corrected chi connectivity index (χ2v) is 5.75. The van der Waals surface area contributed by atoms with Gasteiger partial charge in [0.05, 0.1) is 12.5 Å². The Morgan fingerprint density at radius 3 is 2.77 bits per heavy atom. The molecule has 5 nitrogen and oxygen atoms in total. The minimum Gasteiger partial charge on any atom is -0.467 e. The topological polar surface area (TPSA) is 66.8 Å². The first-order valence-electron chi connectivity index (χ1n) is 7.81. The number of carbonyl (C=O) groups excluding carboxylic acids is 1. The van der Waals surface area contributed by atoms with Crippen LogP contribution in [0.4, 0.5) is 0 Å². The van der Waals surface area contributed by atoms with Crippen molar-refractivity contribution in [1.82, 2.24) is 4.90 Å². The van der Waals surface area contributed by atoms with Crippen LogP contribution in [0.2, 0.25) is 0 Å². The molecule has 1 fully saturated rings. The number of amides is 1. The highest BCUT2D eigenvalue weighted by Gasteiger charge is 2.30. The molecule has 118 valence electrons. The Balaban J connectivity index is 1.74. The SMILES string of the molecule is O=C(c1ccco1)N1CCCCCC1CC(O)c1ccco1. The van der Waals surface area contributed by atoms with Crippen molar-refractivity contribution in [3.63, 3.8) is 0 Å². The van der Waals surface area contributed by atoms with Crippen LogP contribution in [0, 0.1) is 0 Å². The van der Waals surface area contributed by atoms with Crippen molar-refractivity contribution in [2.75, 3.05) is 6.54 Å². The fourth-order valence-corrected chi connectivity index (χ4v) is 3.09. The van der Waals surface area contributed by atoms with E-state index in [0.717, 1.165) is 25.7 Å². The molecule has 1 amide bonds. The van der Waals surface area contributed by atoms with Crippen molar-refractivity contribution >= 4 is 5.91 Å². The molecule has 1 aliphatic rings. The molecule has 2 aromatic heterocycles. The van der Waals surface area contributed by atoms with E-state index >= 15 is 0 Å². The van der Waals surface area contributed by atoms with Gasteiger partial charge in [0.15, 0.2) is 5.76 Å². The van der Waals surface area contributed by atoms with Gasteiger partial charge in [0.2, 0.25) is 0 Å². The third kappa shape index (κ3) is 3.25. The molecule has 2 atom stereocenters. The van der Waals surface area contributed by atoms with Crippen LogP contribution in [0.15, 0.2) is 45.6 Å². The minimum atomic E-state index is -0.690. The first-order valence-corrected chi connectivity index (χ1v) is 7.81. The second kappa shape index (κ2) is 6.83. The number of likely N-dealkylation sites (tertiary alicyclic amines) is 1. The zero-order valence-electron chi connectivity index (χ0n) is 12.5. The number of rotatable bonds is 4. The maximum Gasteiger partial charge on any atom is 0.289 e. The summed E-state index contributed by atoms with van der Waals surface area (Å²) in [7, 11) is 0. The van der Waals surface area contributed by atoms with Gasteiger partial charge in [-0.2, -0.15) is 0 Å². The summed E-state index contributed by atoms with van der Waals surface area (Å²) in [6.45, 7) is 0.703. The Bertz CT molecular complexity index is 576. The minimum absolute atomic E-state index is 0.000185. The van der Waals surface area contributed by atoms with E-state index in [4.69, 9.17) is 8.83 Å². The number of nitrogens with zero attached hydrogens (tertiary/aromatic N) is 1. The molecule has 0 bridgehead atoms. The van der Waals surface area contributed by atoms with Gasteiger partial charge in [0.25, 0.3) is 5.91 Å². The molecule has 3 heterocycles. The molecular weight excluding hydrogens is 282 g/mol. The summed E-state index contributed by atoms with van der Waals surface area (Å²) in [4.78, 5) is 14.5. The van der Waals surface area contributed by atoms with Gasteiger partial charge in [-0.05, 0) is 37.1 Å². The Labute approximate surface area is 129 Å². The highest BCUT2D eigenvalue weighted by Crippen LogP contribution is 2.27. The molecule has 0 aliphatic carbocycles. The standard InChI is InChI=1S/C17H21NO4/c19-14(15-7-4-10-21-15)12-13-6-2-1-3-9-18(13)17(20)16-8-5-11-22-16/h4-5,7-8,10-11,13-14,19H,1-3,6,9,12H2. The Morgan fingerprint density at radius 1 is 1.23 bits per heavy atom. The average molecular weight is 303 g/mol. The third-order valence-electron chi connectivity index (χ3n) is 4.24. The first-order chi connectivity index (χ1) is 10.8. The van der Waals surface area contributed by atoms with Crippen LogP contribution in [-0.4, -0.2) is 28.5 Å². The third-order valence-corrected chi connectivity index (χ3v) is 4.24.